The molecular formula is C13H22N2O. The van der Waals surface area contributed by atoms with Crippen molar-refractivity contribution in [3.63, 3.8) is 0 Å². The summed E-state index contributed by atoms with van der Waals surface area (Å²) in [6.45, 7) is 7.26. The van der Waals surface area contributed by atoms with Gasteiger partial charge in [-0.25, -0.2) is 0 Å². The molecule has 1 aromatic rings. The van der Waals surface area contributed by atoms with Gasteiger partial charge in [0.25, 0.3) is 0 Å². The maximum absolute atomic E-state index is 5.73. The van der Waals surface area contributed by atoms with Gasteiger partial charge in [-0.1, -0.05) is 33.6 Å². The molecule has 1 aromatic heterocycles. The van der Waals surface area contributed by atoms with Crippen LogP contribution in [0.15, 0.2) is 12.4 Å². The van der Waals surface area contributed by atoms with Crippen molar-refractivity contribution in [1.29, 1.82) is 0 Å². The van der Waals surface area contributed by atoms with Crippen LogP contribution in [0.5, 0.6) is 5.75 Å². The number of rotatable bonds is 3. The van der Waals surface area contributed by atoms with Crippen LogP contribution in [0, 0.1) is 5.41 Å². The third-order valence-corrected chi connectivity index (χ3v) is 2.95. The fourth-order valence-electron chi connectivity index (χ4n) is 2.06. The summed E-state index contributed by atoms with van der Waals surface area (Å²) < 4.78 is 7.80. The first-order valence-corrected chi connectivity index (χ1v) is 6.21. The average Bonchev–Trinajstić information content (AvgIpc) is 2.84. The Balaban J connectivity index is 1.91. The molecule has 0 amide bonds. The lowest BCUT2D eigenvalue weighted by atomic mass is 9.99. The monoisotopic (exact) mass is 222 g/mol. The van der Waals surface area contributed by atoms with Crippen molar-refractivity contribution in [2.24, 2.45) is 5.41 Å². The van der Waals surface area contributed by atoms with Crippen LogP contribution in [0.4, 0.5) is 0 Å². The summed E-state index contributed by atoms with van der Waals surface area (Å²) in [6, 6.07) is 0.604. The van der Waals surface area contributed by atoms with Crippen molar-refractivity contribution in [3.8, 4) is 5.75 Å². The average molecular weight is 222 g/mol. The van der Waals surface area contributed by atoms with E-state index in [-0.39, 0.29) is 5.41 Å². The normalized spacial score (nSPS) is 17.9. The molecule has 90 valence electrons. The van der Waals surface area contributed by atoms with Crippen molar-refractivity contribution in [3.05, 3.63) is 12.4 Å². The summed E-state index contributed by atoms with van der Waals surface area (Å²) in [5.74, 6) is 0.904. The van der Waals surface area contributed by atoms with Gasteiger partial charge in [-0.2, -0.15) is 5.10 Å². The van der Waals surface area contributed by atoms with Gasteiger partial charge in [0, 0.05) is 0 Å². The molecule has 0 aromatic carbocycles. The third-order valence-electron chi connectivity index (χ3n) is 2.95. The Kier molecular flexibility index (Phi) is 3.22. The fraction of sp³-hybridized carbons (Fsp3) is 0.769. The maximum Gasteiger partial charge on any atom is 0.157 e. The molecular weight excluding hydrogens is 200 g/mol. The predicted molar refractivity (Wildman–Crippen MR) is 64.7 cm³/mol. The van der Waals surface area contributed by atoms with E-state index >= 15 is 0 Å². The Morgan fingerprint density at radius 3 is 2.69 bits per heavy atom. The minimum Gasteiger partial charge on any atom is -0.490 e. The molecule has 0 bridgehead atoms. The standard InChI is InChI=1S/C13H22N2O/c1-13(2,3)10-16-12-8-14-15(9-12)11-6-4-5-7-11/h8-9,11H,4-7,10H2,1-3H3. The van der Waals surface area contributed by atoms with E-state index in [0.29, 0.717) is 6.04 Å². The van der Waals surface area contributed by atoms with Crippen LogP contribution < -0.4 is 4.74 Å². The Morgan fingerprint density at radius 2 is 2.06 bits per heavy atom. The Hall–Kier alpha value is -0.990. The molecule has 1 fully saturated rings. The van der Waals surface area contributed by atoms with Gasteiger partial charge in [0.05, 0.1) is 25.0 Å². The van der Waals surface area contributed by atoms with E-state index < -0.39 is 0 Å². The van der Waals surface area contributed by atoms with Crippen LogP contribution in [0.2, 0.25) is 0 Å². The van der Waals surface area contributed by atoms with Crippen molar-refractivity contribution in [1.82, 2.24) is 9.78 Å². The van der Waals surface area contributed by atoms with E-state index in [2.05, 4.69) is 30.6 Å². The fourth-order valence-corrected chi connectivity index (χ4v) is 2.06. The van der Waals surface area contributed by atoms with E-state index in [4.69, 9.17) is 4.74 Å². The van der Waals surface area contributed by atoms with Crippen molar-refractivity contribution in [2.75, 3.05) is 6.61 Å². The lowest BCUT2D eigenvalue weighted by Gasteiger charge is -2.17. The second kappa shape index (κ2) is 4.48. The van der Waals surface area contributed by atoms with Gasteiger partial charge in [0.15, 0.2) is 5.75 Å². The van der Waals surface area contributed by atoms with Crippen molar-refractivity contribution >= 4 is 0 Å². The first kappa shape index (κ1) is 11.5. The molecule has 0 atom stereocenters. The van der Waals surface area contributed by atoms with Gasteiger partial charge in [-0.3, -0.25) is 4.68 Å². The molecule has 16 heavy (non-hydrogen) atoms. The minimum absolute atomic E-state index is 0.204. The second-order valence-corrected chi connectivity index (χ2v) is 5.94. The van der Waals surface area contributed by atoms with Crippen LogP contribution in [0.25, 0.3) is 0 Å². The summed E-state index contributed by atoms with van der Waals surface area (Å²) in [5, 5.41) is 4.39. The molecule has 3 heteroatoms. The van der Waals surface area contributed by atoms with E-state index in [1.54, 1.807) is 0 Å². The first-order chi connectivity index (χ1) is 7.54. The van der Waals surface area contributed by atoms with Gasteiger partial charge < -0.3 is 4.74 Å². The molecule has 0 saturated heterocycles. The maximum atomic E-state index is 5.73. The Labute approximate surface area is 97.8 Å². The summed E-state index contributed by atoms with van der Waals surface area (Å²) in [4.78, 5) is 0. The van der Waals surface area contributed by atoms with Gasteiger partial charge in [-0.05, 0) is 18.3 Å². The molecule has 2 rings (SSSR count). The van der Waals surface area contributed by atoms with Crippen LogP contribution in [-0.4, -0.2) is 16.4 Å². The number of hydrogen-bond donors (Lipinski definition) is 0. The second-order valence-electron chi connectivity index (χ2n) is 5.94. The van der Waals surface area contributed by atoms with Gasteiger partial charge >= 0.3 is 0 Å². The molecule has 3 nitrogen and oxygen atoms in total. The largest absolute Gasteiger partial charge is 0.490 e. The number of hydrogen-bond acceptors (Lipinski definition) is 2. The zero-order valence-electron chi connectivity index (χ0n) is 10.6. The first-order valence-electron chi connectivity index (χ1n) is 6.21. The van der Waals surface area contributed by atoms with Crippen molar-refractivity contribution in [2.45, 2.75) is 52.5 Å². The summed E-state index contributed by atoms with van der Waals surface area (Å²) in [5.41, 5.74) is 0.204. The molecule has 1 saturated carbocycles. The Bertz CT molecular complexity index is 332. The molecule has 1 aliphatic carbocycles. The lowest BCUT2D eigenvalue weighted by Crippen LogP contribution is -2.16. The van der Waals surface area contributed by atoms with E-state index in [1.165, 1.54) is 25.7 Å². The third kappa shape index (κ3) is 3.00. The number of ether oxygens (including phenoxy) is 1. The highest BCUT2D eigenvalue weighted by atomic mass is 16.5. The highest BCUT2D eigenvalue weighted by Crippen LogP contribution is 2.30. The number of nitrogens with zero attached hydrogens (tertiary/aromatic N) is 2. The summed E-state index contributed by atoms with van der Waals surface area (Å²) in [6.07, 6.45) is 9.08. The molecule has 0 unspecified atom stereocenters. The van der Waals surface area contributed by atoms with E-state index in [1.807, 2.05) is 12.4 Å². The summed E-state index contributed by atoms with van der Waals surface area (Å²) in [7, 11) is 0. The van der Waals surface area contributed by atoms with Crippen LogP contribution in [-0.2, 0) is 0 Å². The molecule has 1 heterocycles. The molecule has 1 aliphatic rings. The van der Waals surface area contributed by atoms with E-state index in [9.17, 15) is 0 Å². The number of aromatic nitrogens is 2. The lowest BCUT2D eigenvalue weighted by molar-refractivity contribution is 0.197. The topological polar surface area (TPSA) is 27.1 Å². The Morgan fingerprint density at radius 1 is 1.38 bits per heavy atom. The summed E-state index contributed by atoms with van der Waals surface area (Å²) >= 11 is 0. The molecule has 0 spiro atoms. The highest BCUT2D eigenvalue weighted by molar-refractivity contribution is 5.12. The van der Waals surface area contributed by atoms with Crippen LogP contribution in [0.1, 0.15) is 52.5 Å². The van der Waals surface area contributed by atoms with Gasteiger partial charge in [0.1, 0.15) is 0 Å². The molecule has 0 radical (unpaired) electrons. The predicted octanol–water partition coefficient (Wildman–Crippen LogP) is 3.42. The van der Waals surface area contributed by atoms with Crippen LogP contribution in [0.3, 0.4) is 0 Å². The van der Waals surface area contributed by atoms with Gasteiger partial charge in [-0.15, -0.1) is 0 Å². The van der Waals surface area contributed by atoms with Crippen molar-refractivity contribution < 1.29 is 4.74 Å². The quantitative estimate of drug-likeness (QED) is 0.783. The zero-order chi connectivity index (χ0) is 11.6. The molecule has 0 N–H and O–H groups in total. The zero-order valence-corrected chi connectivity index (χ0v) is 10.6. The highest BCUT2D eigenvalue weighted by Gasteiger charge is 2.18. The minimum atomic E-state index is 0.204. The van der Waals surface area contributed by atoms with Crippen LogP contribution >= 0.6 is 0 Å². The molecule has 0 aliphatic heterocycles. The smallest absolute Gasteiger partial charge is 0.157 e. The van der Waals surface area contributed by atoms with Gasteiger partial charge in [0.2, 0.25) is 0 Å². The SMILES string of the molecule is CC(C)(C)COc1cnn(C2CCCC2)c1. The van der Waals surface area contributed by atoms with E-state index in [0.717, 1.165) is 12.4 Å².